The standard InChI is InChI=1S/C20H19N7O/c1-13(17-11-24-27(14(17)2)18-9-5-6-10-21-18)25-20(28)16-8-4-3-7-15(16)19-22-12-23-26-19/h3-13H,1-2H3,(H,25,28)(H,22,23,26). The number of rotatable bonds is 5. The summed E-state index contributed by atoms with van der Waals surface area (Å²) in [6, 6.07) is 12.7. The van der Waals surface area contributed by atoms with E-state index in [1.807, 2.05) is 50.2 Å². The zero-order valence-corrected chi connectivity index (χ0v) is 15.5. The Balaban J connectivity index is 1.58. The maximum absolute atomic E-state index is 12.9. The molecule has 140 valence electrons. The fraction of sp³-hybridized carbons (Fsp3) is 0.150. The molecule has 28 heavy (non-hydrogen) atoms. The predicted molar refractivity (Wildman–Crippen MR) is 104 cm³/mol. The van der Waals surface area contributed by atoms with Crippen molar-refractivity contribution in [3.63, 3.8) is 0 Å². The van der Waals surface area contributed by atoms with Crippen LogP contribution in [0.1, 0.15) is 34.6 Å². The van der Waals surface area contributed by atoms with E-state index in [0.717, 1.165) is 17.1 Å². The Kier molecular flexibility index (Phi) is 4.67. The van der Waals surface area contributed by atoms with Gasteiger partial charge in [-0.1, -0.05) is 24.3 Å². The molecule has 1 atom stereocenters. The Bertz CT molecular complexity index is 1090. The van der Waals surface area contributed by atoms with Gasteiger partial charge in [-0.05, 0) is 32.0 Å². The fourth-order valence-electron chi connectivity index (χ4n) is 3.13. The first-order valence-electron chi connectivity index (χ1n) is 8.86. The number of carbonyl (C=O) groups is 1. The smallest absolute Gasteiger partial charge is 0.252 e. The Morgan fingerprint density at radius 2 is 1.96 bits per heavy atom. The maximum Gasteiger partial charge on any atom is 0.252 e. The van der Waals surface area contributed by atoms with E-state index in [2.05, 4.69) is 30.6 Å². The van der Waals surface area contributed by atoms with Crippen LogP contribution in [0.2, 0.25) is 0 Å². The van der Waals surface area contributed by atoms with Crippen molar-refractivity contribution in [2.45, 2.75) is 19.9 Å². The summed E-state index contributed by atoms with van der Waals surface area (Å²) in [6.07, 6.45) is 4.90. The molecular weight excluding hydrogens is 354 g/mol. The Morgan fingerprint density at radius 1 is 1.14 bits per heavy atom. The van der Waals surface area contributed by atoms with Gasteiger partial charge in [-0.3, -0.25) is 9.89 Å². The molecule has 0 saturated heterocycles. The van der Waals surface area contributed by atoms with Gasteiger partial charge in [-0.15, -0.1) is 0 Å². The van der Waals surface area contributed by atoms with Crippen LogP contribution >= 0.6 is 0 Å². The highest BCUT2D eigenvalue weighted by Crippen LogP contribution is 2.22. The number of pyridine rings is 1. The minimum atomic E-state index is -0.229. The number of aromatic nitrogens is 6. The van der Waals surface area contributed by atoms with Gasteiger partial charge in [-0.2, -0.15) is 10.2 Å². The monoisotopic (exact) mass is 373 g/mol. The number of nitrogens with one attached hydrogen (secondary N) is 2. The van der Waals surface area contributed by atoms with Crippen LogP contribution in [-0.4, -0.2) is 35.9 Å². The minimum absolute atomic E-state index is 0.190. The minimum Gasteiger partial charge on any atom is -0.345 e. The number of hydrogen-bond donors (Lipinski definition) is 2. The lowest BCUT2D eigenvalue weighted by atomic mass is 10.0. The summed E-state index contributed by atoms with van der Waals surface area (Å²) in [5.41, 5.74) is 3.08. The van der Waals surface area contributed by atoms with Gasteiger partial charge in [0, 0.05) is 23.0 Å². The molecule has 3 heterocycles. The third-order valence-electron chi connectivity index (χ3n) is 4.57. The van der Waals surface area contributed by atoms with Gasteiger partial charge in [0.1, 0.15) is 6.33 Å². The van der Waals surface area contributed by atoms with E-state index in [1.165, 1.54) is 6.33 Å². The van der Waals surface area contributed by atoms with Crippen LogP contribution in [0, 0.1) is 6.92 Å². The second kappa shape index (κ2) is 7.43. The SMILES string of the molecule is Cc1c(C(C)NC(=O)c2ccccc2-c2ncn[nH]2)cnn1-c1ccccn1. The van der Waals surface area contributed by atoms with E-state index < -0.39 is 0 Å². The largest absolute Gasteiger partial charge is 0.345 e. The number of amides is 1. The van der Waals surface area contributed by atoms with Crippen molar-refractivity contribution in [2.24, 2.45) is 0 Å². The van der Waals surface area contributed by atoms with Crippen LogP contribution < -0.4 is 5.32 Å². The molecule has 2 N–H and O–H groups in total. The van der Waals surface area contributed by atoms with Gasteiger partial charge in [0.05, 0.1) is 17.8 Å². The number of hydrogen-bond acceptors (Lipinski definition) is 5. The molecule has 4 rings (SSSR count). The zero-order valence-electron chi connectivity index (χ0n) is 15.5. The van der Waals surface area contributed by atoms with E-state index in [-0.39, 0.29) is 11.9 Å². The van der Waals surface area contributed by atoms with Crippen LogP contribution in [0.5, 0.6) is 0 Å². The third-order valence-corrected chi connectivity index (χ3v) is 4.57. The average molecular weight is 373 g/mol. The molecule has 1 aromatic carbocycles. The van der Waals surface area contributed by atoms with Crippen molar-refractivity contribution in [2.75, 3.05) is 0 Å². The van der Waals surface area contributed by atoms with Crippen LogP contribution in [0.25, 0.3) is 17.2 Å². The van der Waals surface area contributed by atoms with Crippen LogP contribution in [0.3, 0.4) is 0 Å². The number of benzene rings is 1. The topological polar surface area (TPSA) is 101 Å². The van der Waals surface area contributed by atoms with Gasteiger partial charge < -0.3 is 5.32 Å². The van der Waals surface area contributed by atoms with Crippen molar-refractivity contribution in [3.8, 4) is 17.2 Å². The molecule has 0 saturated carbocycles. The molecule has 0 radical (unpaired) electrons. The molecule has 0 bridgehead atoms. The molecule has 0 aliphatic rings. The molecule has 4 aromatic rings. The van der Waals surface area contributed by atoms with Gasteiger partial charge in [-0.25, -0.2) is 14.6 Å². The maximum atomic E-state index is 12.9. The first kappa shape index (κ1) is 17.6. The lowest BCUT2D eigenvalue weighted by Crippen LogP contribution is -2.27. The fourth-order valence-corrected chi connectivity index (χ4v) is 3.13. The number of nitrogens with zero attached hydrogens (tertiary/aromatic N) is 5. The first-order chi connectivity index (χ1) is 13.6. The van der Waals surface area contributed by atoms with Gasteiger partial charge in [0.25, 0.3) is 5.91 Å². The van der Waals surface area contributed by atoms with Gasteiger partial charge >= 0.3 is 0 Å². The summed E-state index contributed by atoms with van der Waals surface area (Å²) in [6.45, 7) is 3.89. The summed E-state index contributed by atoms with van der Waals surface area (Å²) >= 11 is 0. The lowest BCUT2D eigenvalue weighted by molar-refractivity contribution is 0.0940. The van der Waals surface area contributed by atoms with Crippen molar-refractivity contribution >= 4 is 5.91 Å². The van der Waals surface area contributed by atoms with E-state index in [0.29, 0.717) is 17.0 Å². The van der Waals surface area contributed by atoms with E-state index in [1.54, 1.807) is 23.1 Å². The lowest BCUT2D eigenvalue weighted by Gasteiger charge is -2.15. The second-order valence-electron chi connectivity index (χ2n) is 6.36. The van der Waals surface area contributed by atoms with Crippen molar-refractivity contribution < 1.29 is 4.79 Å². The Labute approximate surface area is 161 Å². The highest BCUT2D eigenvalue weighted by molar-refractivity contribution is 6.00. The Morgan fingerprint density at radius 3 is 2.71 bits per heavy atom. The molecule has 1 unspecified atom stereocenters. The van der Waals surface area contributed by atoms with Crippen molar-refractivity contribution in [1.82, 2.24) is 35.3 Å². The molecule has 3 aromatic heterocycles. The molecule has 8 heteroatoms. The molecule has 8 nitrogen and oxygen atoms in total. The third kappa shape index (κ3) is 3.27. The van der Waals surface area contributed by atoms with Crippen molar-refractivity contribution in [3.05, 3.63) is 78.0 Å². The average Bonchev–Trinajstić information content (AvgIpc) is 3.38. The Hall–Kier alpha value is -3.81. The highest BCUT2D eigenvalue weighted by Gasteiger charge is 2.20. The van der Waals surface area contributed by atoms with Crippen LogP contribution in [-0.2, 0) is 0 Å². The molecule has 0 fully saturated rings. The molecule has 1 amide bonds. The summed E-state index contributed by atoms with van der Waals surface area (Å²) in [5, 5.41) is 14.1. The predicted octanol–water partition coefficient (Wildman–Crippen LogP) is 2.85. The van der Waals surface area contributed by atoms with Crippen LogP contribution in [0.15, 0.2) is 61.2 Å². The first-order valence-corrected chi connectivity index (χ1v) is 8.86. The van der Waals surface area contributed by atoms with Crippen molar-refractivity contribution in [1.29, 1.82) is 0 Å². The summed E-state index contributed by atoms with van der Waals surface area (Å²) in [7, 11) is 0. The molecular formula is C20H19N7O. The van der Waals surface area contributed by atoms with E-state index in [9.17, 15) is 4.79 Å². The quantitative estimate of drug-likeness (QED) is 0.560. The van der Waals surface area contributed by atoms with E-state index >= 15 is 0 Å². The number of carbonyl (C=O) groups excluding carboxylic acids is 1. The summed E-state index contributed by atoms with van der Waals surface area (Å²) in [5.74, 6) is 1.10. The molecule has 0 spiro atoms. The highest BCUT2D eigenvalue weighted by atomic mass is 16.1. The number of H-pyrrole nitrogens is 1. The summed E-state index contributed by atoms with van der Waals surface area (Å²) in [4.78, 5) is 21.4. The molecule has 0 aliphatic heterocycles. The van der Waals surface area contributed by atoms with E-state index in [4.69, 9.17) is 0 Å². The zero-order chi connectivity index (χ0) is 19.5. The summed E-state index contributed by atoms with van der Waals surface area (Å²) < 4.78 is 1.76. The second-order valence-corrected chi connectivity index (χ2v) is 6.36. The number of aromatic amines is 1. The normalized spacial score (nSPS) is 11.9. The van der Waals surface area contributed by atoms with Gasteiger partial charge in [0.2, 0.25) is 0 Å². The van der Waals surface area contributed by atoms with Crippen LogP contribution in [0.4, 0.5) is 0 Å². The molecule has 0 aliphatic carbocycles. The van der Waals surface area contributed by atoms with Gasteiger partial charge in [0.15, 0.2) is 11.6 Å².